The van der Waals surface area contributed by atoms with Gasteiger partial charge in [0.1, 0.15) is 0 Å². The number of rotatable bonds is 4. The number of nitro groups is 1. The fourth-order valence-corrected chi connectivity index (χ4v) is 2.81. The summed E-state index contributed by atoms with van der Waals surface area (Å²) in [6.45, 7) is 0. The van der Waals surface area contributed by atoms with E-state index in [1.807, 2.05) is 12.1 Å². The van der Waals surface area contributed by atoms with Crippen LogP contribution >= 0.6 is 11.6 Å². The lowest BCUT2D eigenvalue weighted by atomic mass is 10.1. The first-order valence-electron chi connectivity index (χ1n) is 6.89. The van der Waals surface area contributed by atoms with Crippen molar-refractivity contribution in [3.05, 3.63) is 69.2 Å². The minimum atomic E-state index is -0.497. The molecule has 6 nitrogen and oxygen atoms in total. The van der Waals surface area contributed by atoms with Crippen molar-refractivity contribution in [2.45, 2.75) is 12.1 Å². The Balaban J connectivity index is 1.96. The summed E-state index contributed by atoms with van der Waals surface area (Å²) in [5, 5.41) is 11.5. The van der Waals surface area contributed by atoms with Crippen molar-refractivity contribution in [2.24, 2.45) is 0 Å². The largest absolute Gasteiger partial charge is 0.467 e. The first-order chi connectivity index (χ1) is 11.0. The Morgan fingerprint density at radius 3 is 2.57 bits per heavy atom. The van der Waals surface area contributed by atoms with Crippen molar-refractivity contribution >= 4 is 28.9 Å². The summed E-state index contributed by atoms with van der Waals surface area (Å²) in [6, 6.07) is 12.6. The number of hydrogen-bond donors (Lipinski definition) is 0. The molecule has 0 N–H and O–H groups in total. The highest BCUT2D eigenvalue weighted by Gasteiger charge is 2.54. The van der Waals surface area contributed by atoms with Crippen LogP contribution in [0.25, 0.3) is 0 Å². The normalized spacial score (nSPS) is 19.3. The number of anilines is 1. The van der Waals surface area contributed by atoms with Crippen LogP contribution < -0.4 is 4.90 Å². The Kier molecular flexibility index (Phi) is 3.92. The summed E-state index contributed by atoms with van der Waals surface area (Å²) >= 11 is 5.89. The number of carbonyl (C=O) groups excluding carboxylic acids is 1. The van der Waals surface area contributed by atoms with Crippen LogP contribution in [-0.4, -0.2) is 24.0 Å². The van der Waals surface area contributed by atoms with Gasteiger partial charge in [-0.15, -0.1) is 0 Å². The van der Waals surface area contributed by atoms with Gasteiger partial charge in [-0.3, -0.25) is 10.1 Å². The van der Waals surface area contributed by atoms with Crippen LogP contribution in [0.4, 0.5) is 11.4 Å². The summed E-state index contributed by atoms with van der Waals surface area (Å²) < 4.78 is 4.84. The van der Waals surface area contributed by atoms with Crippen molar-refractivity contribution in [2.75, 3.05) is 12.0 Å². The van der Waals surface area contributed by atoms with E-state index in [1.54, 1.807) is 29.2 Å². The second-order valence-corrected chi connectivity index (χ2v) is 5.59. The van der Waals surface area contributed by atoms with E-state index in [0.717, 1.165) is 5.56 Å². The smallest absolute Gasteiger partial charge is 0.331 e. The lowest BCUT2D eigenvalue weighted by Gasteiger charge is -2.06. The number of methoxy groups -OCH3 is 1. The molecular formula is C16H13ClN2O4. The topological polar surface area (TPSA) is 72.5 Å². The Bertz CT molecular complexity index is 763. The number of esters is 1. The quantitative estimate of drug-likeness (QED) is 0.371. The van der Waals surface area contributed by atoms with E-state index in [2.05, 4.69) is 0 Å². The van der Waals surface area contributed by atoms with Crippen molar-refractivity contribution in [1.82, 2.24) is 0 Å². The van der Waals surface area contributed by atoms with E-state index in [4.69, 9.17) is 16.3 Å². The molecule has 1 aliphatic rings. The number of carbonyl (C=O) groups is 1. The van der Waals surface area contributed by atoms with Gasteiger partial charge < -0.3 is 9.64 Å². The number of halogens is 1. The van der Waals surface area contributed by atoms with Crippen LogP contribution in [0.15, 0.2) is 48.5 Å². The standard InChI is InChI=1S/C16H13ClN2O4/c1-23-16(20)15-14(10-5-7-11(17)8-6-10)18(15)12-3-2-4-13(9-12)19(21)22/h2-9,14-15H,1H3/t14-,15+,18?/m1/s1. The Labute approximate surface area is 137 Å². The summed E-state index contributed by atoms with van der Waals surface area (Å²) in [6.07, 6.45) is 0. The van der Waals surface area contributed by atoms with Gasteiger partial charge in [0.2, 0.25) is 0 Å². The molecule has 3 rings (SSSR count). The van der Waals surface area contributed by atoms with Crippen molar-refractivity contribution in [3.8, 4) is 0 Å². The molecule has 2 aromatic carbocycles. The maximum absolute atomic E-state index is 12.0. The third-order valence-electron chi connectivity index (χ3n) is 3.80. The summed E-state index contributed by atoms with van der Waals surface area (Å²) in [4.78, 5) is 24.3. The molecule has 23 heavy (non-hydrogen) atoms. The van der Waals surface area contributed by atoms with Gasteiger partial charge in [-0.2, -0.15) is 0 Å². The molecule has 2 aromatic rings. The molecule has 0 spiro atoms. The number of benzene rings is 2. The number of nitrogens with zero attached hydrogens (tertiary/aromatic N) is 2. The van der Waals surface area contributed by atoms with Crippen LogP contribution in [0, 0.1) is 10.1 Å². The molecule has 1 saturated heterocycles. The summed E-state index contributed by atoms with van der Waals surface area (Å²) in [7, 11) is 1.32. The average molecular weight is 333 g/mol. The van der Waals surface area contributed by atoms with Crippen LogP contribution in [0.5, 0.6) is 0 Å². The molecule has 0 amide bonds. The Morgan fingerprint density at radius 1 is 1.26 bits per heavy atom. The van der Waals surface area contributed by atoms with E-state index in [0.29, 0.717) is 10.7 Å². The van der Waals surface area contributed by atoms with Crippen LogP contribution in [0.1, 0.15) is 11.6 Å². The zero-order valence-electron chi connectivity index (χ0n) is 12.2. The van der Waals surface area contributed by atoms with Crippen LogP contribution in [-0.2, 0) is 9.53 Å². The molecule has 0 saturated carbocycles. The molecule has 2 atom stereocenters. The Hall–Kier alpha value is -2.60. The minimum absolute atomic E-state index is 0.0205. The molecule has 7 heteroatoms. The van der Waals surface area contributed by atoms with Gasteiger partial charge in [0.05, 0.1) is 18.1 Å². The monoisotopic (exact) mass is 332 g/mol. The molecule has 0 radical (unpaired) electrons. The number of hydrogen-bond acceptors (Lipinski definition) is 5. The first-order valence-corrected chi connectivity index (χ1v) is 7.27. The van der Waals surface area contributed by atoms with Crippen molar-refractivity contribution < 1.29 is 14.5 Å². The molecule has 1 fully saturated rings. The van der Waals surface area contributed by atoms with E-state index in [9.17, 15) is 14.9 Å². The molecule has 1 aliphatic heterocycles. The van der Waals surface area contributed by atoms with Gasteiger partial charge >= 0.3 is 5.97 Å². The molecule has 0 bridgehead atoms. The van der Waals surface area contributed by atoms with Gasteiger partial charge in [-0.25, -0.2) is 4.79 Å². The lowest BCUT2D eigenvalue weighted by Crippen LogP contribution is -2.14. The molecular weight excluding hydrogens is 320 g/mol. The van der Waals surface area contributed by atoms with Gasteiger partial charge in [-0.05, 0) is 23.8 Å². The average Bonchev–Trinajstić information content (AvgIpc) is 3.30. The van der Waals surface area contributed by atoms with Gasteiger partial charge in [0.25, 0.3) is 5.69 Å². The van der Waals surface area contributed by atoms with Crippen LogP contribution in [0.2, 0.25) is 5.02 Å². The maximum atomic E-state index is 12.0. The highest BCUT2D eigenvalue weighted by molar-refractivity contribution is 6.30. The van der Waals surface area contributed by atoms with E-state index in [1.165, 1.54) is 19.2 Å². The number of ether oxygens (including phenoxy) is 1. The minimum Gasteiger partial charge on any atom is -0.467 e. The third-order valence-corrected chi connectivity index (χ3v) is 4.05. The second-order valence-electron chi connectivity index (χ2n) is 5.15. The van der Waals surface area contributed by atoms with Gasteiger partial charge in [-0.1, -0.05) is 29.8 Å². The SMILES string of the molecule is COC(=O)[C@@H]1[C@@H](c2ccc(Cl)cc2)N1c1cccc([N+](=O)[O-])c1. The molecule has 118 valence electrons. The predicted octanol–water partition coefficient (Wildman–Crippen LogP) is 3.35. The summed E-state index contributed by atoms with van der Waals surface area (Å²) in [5.41, 5.74) is 1.48. The molecule has 0 aromatic heterocycles. The van der Waals surface area contributed by atoms with Gasteiger partial charge in [0.15, 0.2) is 6.04 Å². The van der Waals surface area contributed by atoms with Crippen molar-refractivity contribution in [3.63, 3.8) is 0 Å². The lowest BCUT2D eigenvalue weighted by molar-refractivity contribution is -0.384. The zero-order chi connectivity index (χ0) is 16.6. The highest BCUT2D eigenvalue weighted by Crippen LogP contribution is 2.48. The fourth-order valence-electron chi connectivity index (χ4n) is 2.69. The number of nitro benzene ring substituents is 1. The molecule has 0 unspecified atom stereocenters. The van der Waals surface area contributed by atoms with Gasteiger partial charge in [0, 0.05) is 22.8 Å². The predicted molar refractivity (Wildman–Crippen MR) is 85.6 cm³/mol. The van der Waals surface area contributed by atoms with E-state index in [-0.39, 0.29) is 17.7 Å². The number of non-ortho nitro benzene ring substituents is 1. The molecule has 1 heterocycles. The second kappa shape index (κ2) is 5.89. The third kappa shape index (κ3) is 2.85. The molecule has 0 aliphatic carbocycles. The van der Waals surface area contributed by atoms with E-state index >= 15 is 0 Å². The maximum Gasteiger partial charge on any atom is 0.331 e. The van der Waals surface area contributed by atoms with E-state index < -0.39 is 11.0 Å². The fraction of sp³-hybridized carbons (Fsp3) is 0.188. The zero-order valence-corrected chi connectivity index (χ0v) is 12.9. The van der Waals surface area contributed by atoms with Crippen LogP contribution in [0.3, 0.4) is 0 Å². The Morgan fingerprint density at radius 2 is 1.96 bits per heavy atom. The first kappa shape index (κ1) is 15.3. The highest BCUT2D eigenvalue weighted by atomic mass is 35.5. The summed E-state index contributed by atoms with van der Waals surface area (Å²) in [5.74, 6) is -0.378. The van der Waals surface area contributed by atoms with Crippen molar-refractivity contribution in [1.29, 1.82) is 0 Å².